The summed E-state index contributed by atoms with van der Waals surface area (Å²) < 4.78 is 17.0. The van der Waals surface area contributed by atoms with Gasteiger partial charge in [-0.05, 0) is 59.0 Å². The van der Waals surface area contributed by atoms with Gasteiger partial charge < -0.3 is 14.2 Å². The number of methoxy groups -OCH3 is 2. The quantitative estimate of drug-likeness (QED) is 0.409. The molecule has 0 spiro atoms. The summed E-state index contributed by atoms with van der Waals surface area (Å²) in [6.07, 6.45) is 1.49. The van der Waals surface area contributed by atoms with Crippen LogP contribution < -0.4 is 19.6 Å². The SMILES string of the molecule is COc1cccc(/C=N\NC(=O)COc2ccc(I)cc2)c1OC. The Labute approximate surface area is 153 Å². The lowest BCUT2D eigenvalue weighted by molar-refractivity contribution is -0.123. The number of hydrogen-bond donors (Lipinski definition) is 1. The van der Waals surface area contributed by atoms with E-state index in [4.69, 9.17) is 14.2 Å². The van der Waals surface area contributed by atoms with Gasteiger partial charge in [0.05, 0.1) is 20.4 Å². The number of halogens is 1. The van der Waals surface area contributed by atoms with E-state index in [0.29, 0.717) is 22.8 Å². The molecular formula is C17H17IN2O4. The van der Waals surface area contributed by atoms with Gasteiger partial charge in [-0.15, -0.1) is 0 Å². The third-order valence-corrected chi connectivity index (χ3v) is 3.73. The van der Waals surface area contributed by atoms with Crippen molar-refractivity contribution in [2.45, 2.75) is 0 Å². The molecule has 24 heavy (non-hydrogen) atoms. The second-order valence-corrected chi connectivity index (χ2v) is 5.86. The second kappa shape index (κ2) is 9.11. The molecule has 0 radical (unpaired) electrons. The molecule has 1 amide bonds. The monoisotopic (exact) mass is 440 g/mol. The van der Waals surface area contributed by atoms with Crippen LogP contribution in [0.1, 0.15) is 5.56 Å². The number of hydrazone groups is 1. The van der Waals surface area contributed by atoms with Crippen molar-refractivity contribution in [2.75, 3.05) is 20.8 Å². The van der Waals surface area contributed by atoms with Crippen LogP contribution in [0.25, 0.3) is 0 Å². The molecule has 1 N–H and O–H groups in total. The predicted octanol–water partition coefficient (Wildman–Crippen LogP) is 2.84. The molecule has 0 fully saturated rings. The first-order chi connectivity index (χ1) is 11.6. The molecule has 0 saturated carbocycles. The summed E-state index contributed by atoms with van der Waals surface area (Å²) >= 11 is 2.20. The third-order valence-electron chi connectivity index (χ3n) is 3.01. The van der Waals surface area contributed by atoms with Crippen molar-refractivity contribution in [3.63, 3.8) is 0 Å². The van der Waals surface area contributed by atoms with Crippen LogP contribution in [-0.2, 0) is 4.79 Å². The van der Waals surface area contributed by atoms with E-state index in [1.807, 2.05) is 18.2 Å². The standard InChI is InChI=1S/C17H17IN2O4/c1-22-15-5-3-4-12(17(15)23-2)10-19-20-16(21)11-24-14-8-6-13(18)7-9-14/h3-10H,11H2,1-2H3,(H,20,21)/b19-10-. The van der Waals surface area contributed by atoms with Crippen LogP contribution in [0.4, 0.5) is 0 Å². The Morgan fingerprint density at radius 2 is 1.92 bits per heavy atom. The van der Waals surface area contributed by atoms with Crippen LogP contribution in [0.3, 0.4) is 0 Å². The first kappa shape index (κ1) is 18.1. The molecule has 0 heterocycles. The van der Waals surface area contributed by atoms with Gasteiger partial charge in [0.25, 0.3) is 5.91 Å². The van der Waals surface area contributed by atoms with Crippen molar-refractivity contribution < 1.29 is 19.0 Å². The Bertz CT molecular complexity index is 717. The number of rotatable bonds is 7. The van der Waals surface area contributed by atoms with Gasteiger partial charge in [-0.3, -0.25) is 4.79 Å². The number of amides is 1. The van der Waals surface area contributed by atoms with Gasteiger partial charge in [0, 0.05) is 9.13 Å². The van der Waals surface area contributed by atoms with E-state index in [2.05, 4.69) is 33.1 Å². The third kappa shape index (κ3) is 5.12. The number of para-hydroxylation sites is 1. The molecule has 2 aromatic carbocycles. The van der Waals surface area contributed by atoms with Gasteiger partial charge in [0.2, 0.25) is 0 Å². The maximum absolute atomic E-state index is 11.7. The van der Waals surface area contributed by atoms with E-state index in [0.717, 1.165) is 3.57 Å². The zero-order chi connectivity index (χ0) is 17.4. The lowest BCUT2D eigenvalue weighted by atomic mass is 10.2. The van der Waals surface area contributed by atoms with Crippen molar-refractivity contribution in [1.29, 1.82) is 0 Å². The molecule has 0 bridgehead atoms. The highest BCUT2D eigenvalue weighted by molar-refractivity contribution is 14.1. The van der Waals surface area contributed by atoms with Crippen molar-refractivity contribution in [3.8, 4) is 17.2 Å². The van der Waals surface area contributed by atoms with Crippen LogP contribution in [0.15, 0.2) is 47.6 Å². The Morgan fingerprint density at radius 1 is 1.17 bits per heavy atom. The summed E-state index contributed by atoms with van der Waals surface area (Å²) in [5, 5.41) is 3.91. The Hall–Kier alpha value is -2.29. The fourth-order valence-electron chi connectivity index (χ4n) is 1.90. The van der Waals surface area contributed by atoms with E-state index in [-0.39, 0.29) is 12.5 Å². The minimum absolute atomic E-state index is 0.118. The average molecular weight is 440 g/mol. The second-order valence-electron chi connectivity index (χ2n) is 4.62. The van der Waals surface area contributed by atoms with Gasteiger partial charge in [0.1, 0.15) is 5.75 Å². The van der Waals surface area contributed by atoms with E-state index >= 15 is 0 Å². The van der Waals surface area contributed by atoms with Crippen LogP contribution in [0, 0.1) is 3.57 Å². The number of nitrogens with zero attached hydrogens (tertiary/aromatic N) is 1. The maximum atomic E-state index is 11.7. The number of carbonyl (C=O) groups excluding carboxylic acids is 1. The van der Waals surface area contributed by atoms with E-state index in [1.54, 1.807) is 38.5 Å². The minimum Gasteiger partial charge on any atom is -0.493 e. The van der Waals surface area contributed by atoms with Gasteiger partial charge in [0.15, 0.2) is 18.1 Å². The van der Waals surface area contributed by atoms with Gasteiger partial charge in [-0.2, -0.15) is 5.10 Å². The van der Waals surface area contributed by atoms with Crippen molar-refractivity contribution in [3.05, 3.63) is 51.6 Å². The van der Waals surface area contributed by atoms with Gasteiger partial charge in [-0.1, -0.05) is 6.07 Å². The van der Waals surface area contributed by atoms with Crippen molar-refractivity contribution in [2.24, 2.45) is 5.10 Å². The smallest absolute Gasteiger partial charge is 0.277 e. The van der Waals surface area contributed by atoms with Crippen LogP contribution in [0.2, 0.25) is 0 Å². The molecule has 0 aromatic heterocycles. The zero-order valence-electron chi connectivity index (χ0n) is 13.3. The fourth-order valence-corrected chi connectivity index (χ4v) is 2.26. The largest absolute Gasteiger partial charge is 0.493 e. The Morgan fingerprint density at radius 3 is 2.58 bits per heavy atom. The number of hydrogen-bond acceptors (Lipinski definition) is 5. The molecule has 2 rings (SSSR count). The van der Waals surface area contributed by atoms with Crippen LogP contribution in [-0.4, -0.2) is 32.9 Å². The van der Waals surface area contributed by atoms with Crippen molar-refractivity contribution >= 4 is 34.7 Å². The number of nitrogens with one attached hydrogen (secondary N) is 1. The molecule has 0 aliphatic carbocycles. The molecule has 0 aliphatic heterocycles. The minimum atomic E-state index is -0.355. The summed E-state index contributed by atoms with van der Waals surface area (Å²) in [5.74, 6) is 1.42. The molecule has 0 aliphatic rings. The molecule has 6 nitrogen and oxygen atoms in total. The summed E-state index contributed by atoms with van der Waals surface area (Å²) in [6.45, 7) is -0.118. The Balaban J connectivity index is 1.89. The Kier molecular flexibility index (Phi) is 6.86. The number of benzene rings is 2. The number of carbonyl (C=O) groups is 1. The maximum Gasteiger partial charge on any atom is 0.277 e. The summed E-state index contributed by atoms with van der Waals surface area (Å²) in [5.41, 5.74) is 3.10. The molecule has 0 unspecified atom stereocenters. The molecule has 2 aromatic rings. The highest BCUT2D eigenvalue weighted by Crippen LogP contribution is 2.29. The van der Waals surface area contributed by atoms with Crippen molar-refractivity contribution in [1.82, 2.24) is 5.43 Å². The highest BCUT2D eigenvalue weighted by Gasteiger charge is 2.07. The fraction of sp³-hybridized carbons (Fsp3) is 0.176. The average Bonchev–Trinajstić information content (AvgIpc) is 2.61. The summed E-state index contributed by atoms with van der Waals surface area (Å²) in [6, 6.07) is 12.8. The van der Waals surface area contributed by atoms with Crippen LogP contribution in [0.5, 0.6) is 17.2 Å². The molecule has 7 heteroatoms. The summed E-state index contributed by atoms with van der Waals surface area (Å²) in [7, 11) is 3.10. The summed E-state index contributed by atoms with van der Waals surface area (Å²) in [4.78, 5) is 11.7. The van der Waals surface area contributed by atoms with Crippen LogP contribution >= 0.6 is 22.6 Å². The molecule has 126 valence electrons. The zero-order valence-corrected chi connectivity index (χ0v) is 15.4. The number of ether oxygens (including phenoxy) is 3. The molecular weight excluding hydrogens is 423 g/mol. The van der Waals surface area contributed by atoms with E-state index < -0.39 is 0 Å². The predicted molar refractivity (Wildman–Crippen MR) is 99.9 cm³/mol. The van der Waals surface area contributed by atoms with E-state index in [9.17, 15) is 4.79 Å². The van der Waals surface area contributed by atoms with E-state index in [1.165, 1.54) is 6.21 Å². The lowest BCUT2D eigenvalue weighted by Gasteiger charge is -2.09. The normalized spacial score (nSPS) is 10.5. The lowest BCUT2D eigenvalue weighted by Crippen LogP contribution is -2.24. The molecule has 0 atom stereocenters. The van der Waals surface area contributed by atoms with Gasteiger partial charge >= 0.3 is 0 Å². The molecule has 0 saturated heterocycles. The topological polar surface area (TPSA) is 69.2 Å². The highest BCUT2D eigenvalue weighted by atomic mass is 127. The first-order valence-electron chi connectivity index (χ1n) is 7.05. The first-order valence-corrected chi connectivity index (χ1v) is 8.13. The van der Waals surface area contributed by atoms with Gasteiger partial charge in [-0.25, -0.2) is 5.43 Å².